The van der Waals surface area contributed by atoms with Gasteiger partial charge in [-0.1, -0.05) is 37.3 Å². The number of carbonyl (C=O) groups excluding carboxylic acids is 1. The van der Waals surface area contributed by atoms with E-state index in [-0.39, 0.29) is 11.9 Å². The summed E-state index contributed by atoms with van der Waals surface area (Å²) < 4.78 is 0. The molecule has 3 rings (SSSR count). The van der Waals surface area contributed by atoms with Crippen LogP contribution < -0.4 is 5.32 Å². The molecule has 2 aromatic rings. The highest BCUT2D eigenvalue weighted by atomic mass is 16.1. The molecule has 20 heavy (non-hydrogen) atoms. The van der Waals surface area contributed by atoms with Gasteiger partial charge in [0.1, 0.15) is 0 Å². The van der Waals surface area contributed by atoms with E-state index in [0.717, 1.165) is 19.3 Å². The quantitative estimate of drug-likeness (QED) is 0.905. The van der Waals surface area contributed by atoms with Gasteiger partial charge in [-0.15, -0.1) is 0 Å². The number of nitrogens with one attached hydrogen (secondary N) is 1. The number of aryl methyl sites for hydroxylation is 1. The van der Waals surface area contributed by atoms with E-state index in [1.54, 1.807) is 0 Å². The molecule has 2 nitrogen and oxygen atoms in total. The van der Waals surface area contributed by atoms with Crippen molar-refractivity contribution in [2.45, 2.75) is 45.6 Å². The fourth-order valence-corrected chi connectivity index (χ4v) is 3.29. The summed E-state index contributed by atoms with van der Waals surface area (Å²) >= 11 is 0. The van der Waals surface area contributed by atoms with Crippen LogP contribution in [-0.4, -0.2) is 11.9 Å². The van der Waals surface area contributed by atoms with Crippen molar-refractivity contribution in [3.8, 4) is 0 Å². The molecule has 1 aliphatic carbocycles. The second-order valence-electron chi connectivity index (χ2n) is 5.80. The highest BCUT2D eigenvalue weighted by molar-refractivity contribution is 5.91. The third-order valence-electron chi connectivity index (χ3n) is 4.23. The van der Waals surface area contributed by atoms with E-state index in [0.29, 0.717) is 6.42 Å². The van der Waals surface area contributed by atoms with E-state index in [2.05, 4.69) is 42.6 Å². The first-order valence-electron chi connectivity index (χ1n) is 7.48. The average molecular weight is 267 g/mol. The summed E-state index contributed by atoms with van der Waals surface area (Å²) in [6, 6.07) is 11.1. The number of benzene rings is 2. The van der Waals surface area contributed by atoms with Gasteiger partial charge < -0.3 is 5.32 Å². The summed E-state index contributed by atoms with van der Waals surface area (Å²) in [7, 11) is 0. The second kappa shape index (κ2) is 5.28. The average Bonchev–Trinajstić information content (AvgIpc) is 2.43. The molecule has 0 saturated heterocycles. The lowest BCUT2D eigenvalue weighted by Crippen LogP contribution is -2.39. The minimum atomic E-state index is 0.182. The van der Waals surface area contributed by atoms with E-state index >= 15 is 0 Å². The lowest BCUT2D eigenvalue weighted by Gasteiger charge is -2.27. The van der Waals surface area contributed by atoms with Crippen LogP contribution in [0.5, 0.6) is 0 Å². The normalized spacial score (nSPS) is 17.2. The Balaban J connectivity index is 1.95. The third kappa shape index (κ3) is 2.31. The molecular weight excluding hydrogens is 246 g/mol. The molecule has 0 radical (unpaired) electrons. The second-order valence-corrected chi connectivity index (χ2v) is 5.80. The van der Waals surface area contributed by atoms with Crippen LogP contribution in [0.4, 0.5) is 0 Å². The molecule has 1 aliphatic rings. The van der Waals surface area contributed by atoms with E-state index in [1.807, 2.05) is 6.92 Å². The zero-order valence-electron chi connectivity index (χ0n) is 12.2. The topological polar surface area (TPSA) is 29.1 Å². The maximum Gasteiger partial charge on any atom is 0.220 e. The lowest BCUT2D eigenvalue weighted by atomic mass is 9.83. The van der Waals surface area contributed by atoms with Crippen LogP contribution in [0.2, 0.25) is 0 Å². The zero-order valence-corrected chi connectivity index (χ0v) is 12.2. The Kier molecular flexibility index (Phi) is 3.47. The van der Waals surface area contributed by atoms with Crippen LogP contribution >= 0.6 is 0 Å². The molecule has 0 spiro atoms. The summed E-state index contributed by atoms with van der Waals surface area (Å²) in [5, 5.41) is 5.92. The van der Waals surface area contributed by atoms with Crippen molar-refractivity contribution in [2.24, 2.45) is 0 Å². The molecule has 2 aromatic carbocycles. The van der Waals surface area contributed by atoms with Crippen LogP contribution in [-0.2, 0) is 17.6 Å². The number of rotatable bonds is 3. The molecule has 1 amide bonds. The molecule has 2 heteroatoms. The van der Waals surface area contributed by atoms with Crippen molar-refractivity contribution in [3.63, 3.8) is 0 Å². The number of carbonyl (C=O) groups is 1. The molecule has 0 aliphatic heterocycles. The Morgan fingerprint density at radius 1 is 1.25 bits per heavy atom. The van der Waals surface area contributed by atoms with Gasteiger partial charge in [0.05, 0.1) is 0 Å². The Morgan fingerprint density at radius 3 is 2.90 bits per heavy atom. The Labute approximate surface area is 120 Å². The molecular formula is C18H21NO. The first-order valence-corrected chi connectivity index (χ1v) is 7.48. The van der Waals surface area contributed by atoms with Crippen molar-refractivity contribution in [1.82, 2.24) is 5.32 Å². The van der Waals surface area contributed by atoms with Crippen LogP contribution in [0.1, 0.15) is 36.5 Å². The third-order valence-corrected chi connectivity index (χ3v) is 4.23. The van der Waals surface area contributed by atoms with Crippen molar-refractivity contribution >= 4 is 16.7 Å². The van der Waals surface area contributed by atoms with Gasteiger partial charge in [-0.25, -0.2) is 0 Å². The molecule has 1 unspecified atom stereocenters. The zero-order chi connectivity index (χ0) is 14.1. The van der Waals surface area contributed by atoms with Gasteiger partial charge in [0.25, 0.3) is 0 Å². The molecule has 0 bridgehead atoms. The fourth-order valence-electron chi connectivity index (χ4n) is 3.29. The van der Waals surface area contributed by atoms with Gasteiger partial charge in [0.15, 0.2) is 0 Å². The molecule has 0 saturated carbocycles. The highest BCUT2D eigenvalue weighted by Crippen LogP contribution is 2.31. The first kappa shape index (κ1) is 13.2. The standard InChI is InChI=1S/C18H21NO/c1-3-5-17(20)19-15-10-14-7-4-6-13-9-8-12(2)16(11-15)18(13)14/h4,6-9,15H,3,5,10-11H2,1-2H3,(H,19,20). The van der Waals surface area contributed by atoms with Crippen molar-refractivity contribution < 1.29 is 4.79 Å². The summed E-state index contributed by atoms with van der Waals surface area (Å²) in [4.78, 5) is 11.8. The van der Waals surface area contributed by atoms with Crippen molar-refractivity contribution in [1.29, 1.82) is 0 Å². The molecule has 0 aromatic heterocycles. The minimum absolute atomic E-state index is 0.182. The summed E-state index contributed by atoms with van der Waals surface area (Å²) in [5.41, 5.74) is 4.11. The predicted octanol–water partition coefficient (Wildman–Crippen LogP) is 3.53. The fraction of sp³-hybridized carbons (Fsp3) is 0.389. The Hall–Kier alpha value is -1.83. The minimum Gasteiger partial charge on any atom is -0.353 e. The maximum absolute atomic E-state index is 11.8. The van der Waals surface area contributed by atoms with E-state index in [9.17, 15) is 4.79 Å². The van der Waals surface area contributed by atoms with Gasteiger partial charge in [-0.2, -0.15) is 0 Å². The molecule has 1 atom stereocenters. The van der Waals surface area contributed by atoms with Gasteiger partial charge in [0, 0.05) is 12.5 Å². The smallest absolute Gasteiger partial charge is 0.220 e. The molecule has 1 N–H and O–H groups in total. The van der Waals surface area contributed by atoms with Crippen LogP contribution in [0, 0.1) is 6.92 Å². The van der Waals surface area contributed by atoms with Gasteiger partial charge in [0.2, 0.25) is 5.91 Å². The summed E-state index contributed by atoms with van der Waals surface area (Å²) in [6.07, 6.45) is 3.43. The SMILES string of the molecule is CCCC(=O)NC1Cc2cccc3ccc(C)c(c23)C1. The number of hydrogen-bond donors (Lipinski definition) is 1. The Morgan fingerprint density at radius 2 is 2.10 bits per heavy atom. The highest BCUT2D eigenvalue weighted by Gasteiger charge is 2.22. The molecule has 104 valence electrons. The molecule has 0 heterocycles. The van der Waals surface area contributed by atoms with E-state index in [1.165, 1.54) is 27.5 Å². The van der Waals surface area contributed by atoms with Crippen molar-refractivity contribution in [3.05, 3.63) is 47.0 Å². The number of amides is 1. The van der Waals surface area contributed by atoms with Crippen LogP contribution in [0.15, 0.2) is 30.3 Å². The van der Waals surface area contributed by atoms with E-state index < -0.39 is 0 Å². The van der Waals surface area contributed by atoms with Crippen LogP contribution in [0.3, 0.4) is 0 Å². The Bertz CT molecular complexity index is 660. The summed E-state index contributed by atoms with van der Waals surface area (Å²) in [6.45, 7) is 4.21. The number of hydrogen-bond acceptors (Lipinski definition) is 1. The largest absolute Gasteiger partial charge is 0.353 e. The molecule has 0 fully saturated rings. The first-order chi connectivity index (χ1) is 9.69. The lowest BCUT2D eigenvalue weighted by molar-refractivity contribution is -0.121. The summed E-state index contributed by atoms with van der Waals surface area (Å²) in [5.74, 6) is 0.182. The van der Waals surface area contributed by atoms with Gasteiger partial charge in [-0.05, 0) is 53.6 Å². The van der Waals surface area contributed by atoms with Crippen molar-refractivity contribution in [2.75, 3.05) is 0 Å². The van der Waals surface area contributed by atoms with Gasteiger partial charge >= 0.3 is 0 Å². The maximum atomic E-state index is 11.8. The van der Waals surface area contributed by atoms with Crippen LogP contribution in [0.25, 0.3) is 10.8 Å². The van der Waals surface area contributed by atoms with Gasteiger partial charge in [-0.3, -0.25) is 4.79 Å². The predicted molar refractivity (Wildman–Crippen MR) is 82.9 cm³/mol. The monoisotopic (exact) mass is 267 g/mol. The van der Waals surface area contributed by atoms with E-state index in [4.69, 9.17) is 0 Å².